The molecule has 10 heteroatoms. The zero-order chi connectivity index (χ0) is 19.6. The minimum atomic E-state index is -2.89. The van der Waals surface area contributed by atoms with Crippen LogP contribution in [0.1, 0.15) is 18.0 Å². The van der Waals surface area contributed by atoms with Crippen molar-refractivity contribution in [2.24, 2.45) is 5.92 Å². The van der Waals surface area contributed by atoms with Crippen molar-refractivity contribution in [3.63, 3.8) is 0 Å². The quantitative estimate of drug-likeness (QED) is 0.519. The molecule has 148 valence electrons. The van der Waals surface area contributed by atoms with E-state index in [0.717, 1.165) is 22.0 Å². The van der Waals surface area contributed by atoms with Gasteiger partial charge < -0.3 is 9.15 Å². The van der Waals surface area contributed by atoms with E-state index in [4.69, 9.17) is 9.15 Å². The second-order valence-corrected chi connectivity index (χ2v) is 10.6. The Morgan fingerprint density at radius 1 is 1.32 bits per heavy atom. The molecule has 7 nitrogen and oxygen atoms in total. The second-order valence-electron chi connectivity index (χ2n) is 6.57. The Bertz CT molecular complexity index is 1060. The minimum Gasteiger partial charge on any atom is -0.496 e. The Hall–Kier alpha value is -1.91. The smallest absolute Gasteiger partial charge is 0.276 e. The molecule has 0 spiro atoms. The van der Waals surface area contributed by atoms with Crippen molar-refractivity contribution >= 4 is 32.9 Å². The summed E-state index contributed by atoms with van der Waals surface area (Å²) in [7, 11) is -1.24. The summed E-state index contributed by atoms with van der Waals surface area (Å²) < 4.78 is 34.2. The Morgan fingerprint density at radius 2 is 2.18 bits per heavy atom. The molecule has 2 aromatic heterocycles. The van der Waals surface area contributed by atoms with Gasteiger partial charge in [0.2, 0.25) is 5.89 Å². The van der Waals surface area contributed by atoms with E-state index in [1.165, 1.54) is 11.8 Å². The van der Waals surface area contributed by atoms with Crippen LogP contribution in [0.15, 0.2) is 39.3 Å². The van der Waals surface area contributed by atoms with Crippen molar-refractivity contribution in [2.75, 3.05) is 18.6 Å². The normalized spacial score (nSPS) is 18.4. The molecule has 0 bridgehead atoms. The van der Waals surface area contributed by atoms with E-state index >= 15 is 0 Å². The number of thiazole rings is 1. The number of ether oxygens (including phenoxy) is 1. The maximum absolute atomic E-state index is 11.6. The Kier molecular flexibility index (Phi) is 5.70. The lowest BCUT2D eigenvalue weighted by molar-refractivity contribution is 0.389. The first-order valence-corrected chi connectivity index (χ1v) is 12.4. The maximum Gasteiger partial charge on any atom is 0.276 e. The summed E-state index contributed by atoms with van der Waals surface area (Å²) in [6.07, 6.45) is 1.18. The number of nitrogens with zero attached hydrogens (tertiary/aromatic N) is 3. The van der Waals surface area contributed by atoms with Gasteiger partial charge in [-0.15, -0.1) is 21.5 Å². The largest absolute Gasteiger partial charge is 0.496 e. The first-order chi connectivity index (χ1) is 13.5. The van der Waals surface area contributed by atoms with Crippen molar-refractivity contribution in [2.45, 2.75) is 23.8 Å². The van der Waals surface area contributed by atoms with Gasteiger partial charge in [-0.1, -0.05) is 23.9 Å². The van der Waals surface area contributed by atoms with Crippen molar-refractivity contribution in [3.05, 3.63) is 41.2 Å². The van der Waals surface area contributed by atoms with Gasteiger partial charge >= 0.3 is 0 Å². The molecule has 3 aromatic rings. The SMILES string of the molecule is COc1ccccc1-c1nc(CSc2nnc(CC3CCS(=O)(=O)C3)o2)cs1. The molecule has 1 aromatic carbocycles. The third-order valence-electron chi connectivity index (χ3n) is 4.47. The molecule has 4 rings (SSSR count). The molecule has 1 fully saturated rings. The van der Waals surface area contributed by atoms with Gasteiger partial charge in [0.25, 0.3) is 5.22 Å². The van der Waals surface area contributed by atoms with Crippen LogP contribution in [0.5, 0.6) is 5.75 Å². The van der Waals surface area contributed by atoms with Gasteiger partial charge in [-0.2, -0.15) is 0 Å². The van der Waals surface area contributed by atoms with Gasteiger partial charge in [0, 0.05) is 17.6 Å². The number of hydrogen-bond acceptors (Lipinski definition) is 9. The van der Waals surface area contributed by atoms with Crippen LogP contribution < -0.4 is 4.74 Å². The molecule has 0 aliphatic carbocycles. The molecule has 0 saturated carbocycles. The standard InChI is InChI=1S/C18H19N3O4S3/c1-24-15-5-3-2-4-14(15)17-19-13(9-26-17)10-27-18-21-20-16(25-18)8-12-6-7-28(22,23)11-12/h2-5,9,12H,6-8,10-11H2,1H3. The van der Waals surface area contributed by atoms with Gasteiger partial charge in [0.05, 0.1) is 29.9 Å². The first kappa shape index (κ1) is 19.4. The number of benzene rings is 1. The van der Waals surface area contributed by atoms with Crippen LogP contribution in [-0.2, 0) is 22.0 Å². The lowest BCUT2D eigenvalue weighted by Gasteiger charge is -2.04. The van der Waals surface area contributed by atoms with E-state index in [1.807, 2.05) is 29.6 Å². The van der Waals surface area contributed by atoms with E-state index in [2.05, 4.69) is 15.2 Å². The average Bonchev–Trinajstić information content (AvgIpc) is 3.40. The van der Waals surface area contributed by atoms with Crippen molar-refractivity contribution < 1.29 is 17.6 Å². The van der Waals surface area contributed by atoms with Crippen molar-refractivity contribution in [3.8, 4) is 16.3 Å². The van der Waals surface area contributed by atoms with E-state index in [1.54, 1.807) is 18.4 Å². The Labute approximate surface area is 171 Å². The summed E-state index contributed by atoms with van der Waals surface area (Å²) in [6, 6.07) is 7.80. The number of aromatic nitrogens is 3. The van der Waals surface area contributed by atoms with Crippen LogP contribution in [-0.4, -0.2) is 42.2 Å². The first-order valence-electron chi connectivity index (χ1n) is 8.76. The summed E-state index contributed by atoms with van der Waals surface area (Å²) in [5, 5.41) is 11.5. The molecule has 3 heterocycles. The number of rotatable bonds is 7. The van der Waals surface area contributed by atoms with Crippen LogP contribution in [0.2, 0.25) is 0 Å². The van der Waals surface area contributed by atoms with Crippen LogP contribution in [0, 0.1) is 5.92 Å². The van der Waals surface area contributed by atoms with Crippen LogP contribution in [0.4, 0.5) is 0 Å². The van der Waals surface area contributed by atoms with Crippen LogP contribution in [0.25, 0.3) is 10.6 Å². The molecule has 1 unspecified atom stereocenters. The number of para-hydroxylation sites is 1. The molecular weight excluding hydrogens is 418 g/mol. The molecule has 1 aliphatic rings. The zero-order valence-electron chi connectivity index (χ0n) is 15.2. The van der Waals surface area contributed by atoms with Crippen LogP contribution >= 0.6 is 23.1 Å². The fourth-order valence-electron chi connectivity index (χ4n) is 3.11. The highest BCUT2D eigenvalue weighted by atomic mass is 32.2. The van der Waals surface area contributed by atoms with Gasteiger partial charge in [0.1, 0.15) is 10.8 Å². The molecule has 0 N–H and O–H groups in total. The van der Waals surface area contributed by atoms with Gasteiger partial charge in [-0.25, -0.2) is 13.4 Å². The monoisotopic (exact) mass is 437 g/mol. The third kappa shape index (κ3) is 4.56. The number of hydrogen-bond donors (Lipinski definition) is 0. The highest BCUT2D eigenvalue weighted by molar-refractivity contribution is 7.98. The summed E-state index contributed by atoms with van der Waals surface area (Å²) in [5.74, 6) is 2.45. The maximum atomic E-state index is 11.6. The van der Waals surface area contributed by atoms with Gasteiger partial charge in [-0.05, 0) is 24.5 Å². The highest BCUT2D eigenvalue weighted by Crippen LogP contribution is 2.33. The Morgan fingerprint density at radius 3 is 2.96 bits per heavy atom. The molecule has 0 radical (unpaired) electrons. The molecule has 1 atom stereocenters. The fourth-order valence-corrected chi connectivity index (χ4v) is 6.60. The zero-order valence-corrected chi connectivity index (χ0v) is 17.6. The lowest BCUT2D eigenvalue weighted by Crippen LogP contribution is -2.07. The summed E-state index contributed by atoms with van der Waals surface area (Å²) in [6.45, 7) is 0. The fraction of sp³-hybridized carbons (Fsp3) is 0.389. The highest BCUT2D eigenvalue weighted by Gasteiger charge is 2.29. The number of sulfone groups is 1. The van der Waals surface area contributed by atoms with E-state index in [9.17, 15) is 8.42 Å². The second kappa shape index (κ2) is 8.22. The van der Waals surface area contributed by atoms with Crippen molar-refractivity contribution in [1.29, 1.82) is 0 Å². The molecule has 0 amide bonds. The minimum absolute atomic E-state index is 0.0743. The van der Waals surface area contributed by atoms with E-state index < -0.39 is 9.84 Å². The number of thioether (sulfide) groups is 1. The topological polar surface area (TPSA) is 95.2 Å². The summed E-state index contributed by atoms with van der Waals surface area (Å²) >= 11 is 2.99. The molecular formula is C18H19N3O4S3. The average molecular weight is 438 g/mol. The van der Waals surface area contributed by atoms with E-state index in [0.29, 0.717) is 29.7 Å². The predicted octanol–water partition coefficient (Wildman–Crippen LogP) is 3.47. The van der Waals surface area contributed by atoms with Gasteiger partial charge in [0.15, 0.2) is 9.84 Å². The lowest BCUT2D eigenvalue weighted by atomic mass is 10.1. The van der Waals surface area contributed by atoms with Crippen molar-refractivity contribution in [1.82, 2.24) is 15.2 Å². The predicted molar refractivity (Wildman–Crippen MR) is 108 cm³/mol. The van der Waals surface area contributed by atoms with Crippen LogP contribution in [0.3, 0.4) is 0 Å². The van der Waals surface area contributed by atoms with Gasteiger partial charge in [-0.3, -0.25) is 0 Å². The molecule has 1 saturated heterocycles. The number of methoxy groups -OCH3 is 1. The molecule has 28 heavy (non-hydrogen) atoms. The Balaban J connectivity index is 1.36. The van der Waals surface area contributed by atoms with E-state index in [-0.39, 0.29) is 17.4 Å². The molecule has 1 aliphatic heterocycles. The summed E-state index contributed by atoms with van der Waals surface area (Å²) in [4.78, 5) is 4.67. The summed E-state index contributed by atoms with van der Waals surface area (Å²) in [5.41, 5.74) is 1.90. The third-order valence-corrected chi connectivity index (χ3v) is 8.08.